The van der Waals surface area contributed by atoms with Crippen LogP contribution >= 0.6 is 0 Å². The number of benzene rings is 5. The second-order valence-corrected chi connectivity index (χ2v) is 11.3. The number of carboxylic acids is 2. The van der Waals surface area contributed by atoms with E-state index < -0.39 is 23.4 Å². The van der Waals surface area contributed by atoms with Crippen LogP contribution in [0.25, 0.3) is 21.5 Å². The van der Waals surface area contributed by atoms with E-state index in [4.69, 9.17) is 4.74 Å². The van der Waals surface area contributed by atoms with Crippen molar-refractivity contribution in [3.8, 4) is 17.2 Å². The van der Waals surface area contributed by atoms with Crippen molar-refractivity contribution >= 4 is 39.6 Å². The largest absolute Gasteiger partial charge is 0.507 e. The van der Waals surface area contributed by atoms with Gasteiger partial charge in [-0.3, -0.25) is 0 Å². The Balaban J connectivity index is 0.000000240. The molecular formula is C37H38N2O8. The van der Waals surface area contributed by atoms with E-state index in [9.17, 15) is 34.8 Å². The van der Waals surface area contributed by atoms with Crippen LogP contribution in [0, 0.1) is 0 Å². The van der Waals surface area contributed by atoms with Crippen molar-refractivity contribution < 1.29 is 39.5 Å². The summed E-state index contributed by atoms with van der Waals surface area (Å²) in [6.07, 6.45) is -0.367. The first kappa shape index (κ1) is 34.3. The van der Waals surface area contributed by atoms with E-state index in [1.165, 1.54) is 17.0 Å². The molecule has 0 bridgehead atoms. The number of carbonyl (C=O) groups is 3. The van der Waals surface area contributed by atoms with Gasteiger partial charge in [-0.2, -0.15) is 0 Å². The summed E-state index contributed by atoms with van der Waals surface area (Å²) >= 11 is 0. The third-order valence-electron chi connectivity index (χ3n) is 8.17. The van der Waals surface area contributed by atoms with Crippen molar-refractivity contribution in [2.75, 3.05) is 27.7 Å². The predicted octanol–water partition coefficient (Wildman–Crippen LogP) is 7.15. The van der Waals surface area contributed by atoms with Crippen LogP contribution in [0.5, 0.6) is 17.2 Å². The van der Waals surface area contributed by atoms with E-state index in [0.29, 0.717) is 45.0 Å². The first-order valence-corrected chi connectivity index (χ1v) is 15.0. The summed E-state index contributed by atoms with van der Waals surface area (Å²) in [7, 11) is 5.76. The van der Waals surface area contributed by atoms with Crippen LogP contribution in [0.4, 0.5) is 4.79 Å². The standard InChI is InChI=1S/C23H16O6.C14H22N2O2/c24-20-16(14-7-3-1-5-12(14)9-18(20)22(26)27)11-17-15-8-4-2-6-13(15)10-19(21(17)25)23(28)29;1-6-16(5)14(17)18-13-9-7-8-12(10-13)11(2)15(3)4/h1-10,24-25H,11H2,(H,26,27)(H,28,29);7-11H,6H2,1-5H3/t;11-/m.0/s1. The number of hydrogen-bond acceptors (Lipinski definition) is 7. The van der Waals surface area contributed by atoms with E-state index in [-0.39, 0.29) is 29.7 Å². The van der Waals surface area contributed by atoms with Gasteiger partial charge in [-0.25, -0.2) is 14.4 Å². The SMILES string of the molecule is CCN(C)C(=O)Oc1cccc([C@H](C)N(C)C)c1.O=C(O)c1cc2ccccc2c(Cc2c(O)c(C(=O)O)cc3ccccc23)c1O. The monoisotopic (exact) mass is 638 g/mol. The Bertz CT molecular complexity index is 1850. The molecule has 0 aliphatic rings. The first-order valence-electron chi connectivity index (χ1n) is 15.0. The molecule has 10 heteroatoms. The maximum absolute atomic E-state index is 11.7. The molecule has 47 heavy (non-hydrogen) atoms. The molecule has 5 aromatic rings. The molecular weight excluding hydrogens is 600 g/mol. The zero-order valence-corrected chi connectivity index (χ0v) is 26.9. The molecule has 10 nitrogen and oxygen atoms in total. The van der Waals surface area contributed by atoms with E-state index in [1.54, 1.807) is 61.6 Å². The minimum Gasteiger partial charge on any atom is -0.507 e. The number of nitrogens with zero attached hydrogens (tertiary/aromatic N) is 2. The van der Waals surface area contributed by atoms with E-state index in [2.05, 4.69) is 11.8 Å². The number of rotatable bonds is 8. The van der Waals surface area contributed by atoms with Gasteiger partial charge in [0.2, 0.25) is 0 Å². The summed E-state index contributed by atoms with van der Waals surface area (Å²) in [5.74, 6) is -2.77. The molecule has 244 valence electrons. The lowest BCUT2D eigenvalue weighted by atomic mass is 9.90. The van der Waals surface area contributed by atoms with Crippen molar-refractivity contribution in [2.24, 2.45) is 0 Å². The Morgan fingerprint density at radius 3 is 1.66 bits per heavy atom. The summed E-state index contributed by atoms with van der Waals surface area (Å²) in [6.45, 7) is 4.65. The van der Waals surface area contributed by atoms with Gasteiger partial charge in [-0.1, -0.05) is 60.7 Å². The van der Waals surface area contributed by atoms with Crippen molar-refractivity contribution in [1.29, 1.82) is 0 Å². The lowest BCUT2D eigenvalue weighted by Gasteiger charge is -2.21. The number of ether oxygens (including phenoxy) is 1. The number of phenols is 2. The molecule has 0 spiro atoms. The number of aromatic carboxylic acids is 2. The fraction of sp³-hybridized carbons (Fsp3) is 0.216. The number of amides is 1. The quantitative estimate of drug-likeness (QED) is 0.139. The molecule has 0 heterocycles. The molecule has 5 rings (SSSR count). The molecule has 1 amide bonds. The topological polar surface area (TPSA) is 148 Å². The molecule has 0 radical (unpaired) electrons. The van der Waals surface area contributed by atoms with Crippen molar-refractivity contribution in [1.82, 2.24) is 9.80 Å². The summed E-state index contributed by atoms with van der Waals surface area (Å²) in [5, 5.41) is 42.8. The summed E-state index contributed by atoms with van der Waals surface area (Å²) in [6, 6.07) is 24.7. The van der Waals surface area contributed by atoms with Gasteiger partial charge in [0.05, 0.1) is 0 Å². The van der Waals surface area contributed by atoms with Gasteiger partial charge >= 0.3 is 18.0 Å². The van der Waals surface area contributed by atoms with Crippen LogP contribution in [-0.4, -0.2) is 75.9 Å². The highest BCUT2D eigenvalue weighted by Gasteiger charge is 2.22. The number of hydrogen-bond donors (Lipinski definition) is 4. The molecule has 0 saturated heterocycles. The fourth-order valence-corrected chi connectivity index (χ4v) is 5.13. The second kappa shape index (κ2) is 14.7. The van der Waals surface area contributed by atoms with Gasteiger partial charge in [0.1, 0.15) is 28.4 Å². The molecule has 4 N–H and O–H groups in total. The highest BCUT2D eigenvalue weighted by molar-refractivity contribution is 6.02. The van der Waals surface area contributed by atoms with Gasteiger partial charge in [0, 0.05) is 37.2 Å². The normalized spacial score (nSPS) is 11.5. The molecule has 0 fully saturated rings. The van der Waals surface area contributed by atoms with Crippen molar-refractivity contribution in [3.63, 3.8) is 0 Å². The van der Waals surface area contributed by atoms with Gasteiger partial charge in [0.15, 0.2) is 0 Å². The van der Waals surface area contributed by atoms with E-state index >= 15 is 0 Å². The third kappa shape index (κ3) is 7.62. The molecule has 0 aromatic heterocycles. The molecule has 0 unspecified atom stereocenters. The van der Waals surface area contributed by atoms with Crippen LogP contribution < -0.4 is 4.74 Å². The molecule has 1 atom stereocenters. The van der Waals surface area contributed by atoms with Crippen LogP contribution in [0.3, 0.4) is 0 Å². The van der Waals surface area contributed by atoms with Crippen LogP contribution in [0.15, 0.2) is 84.9 Å². The van der Waals surface area contributed by atoms with Gasteiger partial charge < -0.3 is 35.0 Å². The van der Waals surface area contributed by atoms with Crippen LogP contribution in [0.2, 0.25) is 0 Å². The lowest BCUT2D eigenvalue weighted by molar-refractivity contribution is 0.0682. The average molecular weight is 639 g/mol. The number of fused-ring (bicyclic) bond motifs is 2. The van der Waals surface area contributed by atoms with E-state index in [1.807, 2.05) is 39.2 Å². The Kier molecular flexibility index (Phi) is 10.7. The molecule has 0 saturated carbocycles. The van der Waals surface area contributed by atoms with Crippen molar-refractivity contribution in [3.05, 3.63) is 113 Å². The van der Waals surface area contributed by atoms with Gasteiger partial charge in [0.25, 0.3) is 0 Å². The Morgan fingerprint density at radius 1 is 0.723 bits per heavy atom. The maximum Gasteiger partial charge on any atom is 0.414 e. The number of aromatic hydroxyl groups is 2. The highest BCUT2D eigenvalue weighted by atomic mass is 16.6. The van der Waals surface area contributed by atoms with E-state index in [0.717, 1.165) is 5.56 Å². The summed E-state index contributed by atoms with van der Waals surface area (Å²) in [4.78, 5) is 38.5. The van der Waals surface area contributed by atoms with Crippen LogP contribution in [0.1, 0.15) is 57.3 Å². The molecule has 0 aliphatic carbocycles. The minimum atomic E-state index is -1.28. The minimum absolute atomic E-state index is 0.0407. The summed E-state index contributed by atoms with van der Waals surface area (Å²) in [5.41, 5.74) is 1.24. The van der Waals surface area contributed by atoms with Crippen molar-refractivity contribution in [2.45, 2.75) is 26.3 Å². The highest BCUT2D eigenvalue weighted by Crippen LogP contribution is 2.38. The number of carbonyl (C=O) groups excluding carboxylic acids is 1. The Hall–Kier alpha value is -5.61. The average Bonchev–Trinajstić information content (AvgIpc) is 3.05. The smallest absolute Gasteiger partial charge is 0.414 e. The number of carboxylic acid groups (broad SMARTS) is 2. The van der Waals surface area contributed by atoms with Gasteiger partial charge in [-0.15, -0.1) is 0 Å². The zero-order chi connectivity index (χ0) is 34.4. The summed E-state index contributed by atoms with van der Waals surface area (Å²) < 4.78 is 5.31. The zero-order valence-electron chi connectivity index (χ0n) is 26.9. The molecule has 5 aromatic carbocycles. The fourth-order valence-electron chi connectivity index (χ4n) is 5.13. The molecule has 0 aliphatic heterocycles. The Labute approximate surface area is 272 Å². The Morgan fingerprint density at radius 2 is 1.21 bits per heavy atom. The third-order valence-corrected chi connectivity index (χ3v) is 8.17. The second-order valence-electron chi connectivity index (χ2n) is 11.3. The maximum atomic E-state index is 11.7. The lowest BCUT2D eigenvalue weighted by Crippen LogP contribution is -2.29. The first-order chi connectivity index (χ1) is 22.3. The van der Waals surface area contributed by atoms with Crippen LogP contribution in [-0.2, 0) is 6.42 Å². The predicted molar refractivity (Wildman–Crippen MR) is 181 cm³/mol. The van der Waals surface area contributed by atoms with Gasteiger partial charge in [-0.05, 0) is 79.3 Å².